The summed E-state index contributed by atoms with van der Waals surface area (Å²) in [6, 6.07) is 9.56. The second kappa shape index (κ2) is 7.99. The lowest BCUT2D eigenvalue weighted by molar-refractivity contribution is 0.0827. The van der Waals surface area contributed by atoms with Crippen molar-refractivity contribution < 1.29 is 9.59 Å². The van der Waals surface area contributed by atoms with E-state index in [2.05, 4.69) is 16.8 Å². The van der Waals surface area contributed by atoms with Crippen LogP contribution in [0.3, 0.4) is 0 Å². The topological polar surface area (TPSA) is 54.3 Å². The summed E-state index contributed by atoms with van der Waals surface area (Å²) in [7, 11) is 3.43. The molecule has 144 valence electrons. The first kappa shape index (κ1) is 19.2. The highest BCUT2D eigenvalue weighted by molar-refractivity contribution is 6.06. The van der Waals surface area contributed by atoms with Gasteiger partial charge in [0.25, 0.3) is 11.8 Å². The van der Waals surface area contributed by atoms with E-state index in [1.165, 1.54) is 37.0 Å². The molecular formula is C22H29N3O2. The maximum Gasteiger partial charge on any atom is 0.257 e. The molecule has 27 heavy (non-hydrogen) atoms. The Hall–Kier alpha value is -2.56. The minimum absolute atomic E-state index is 0.0819. The Balaban J connectivity index is 1.81. The standard InChI is InChI=1S/C22H29N3O2/c1-15-13-20(16(2)25(15)19-11-6-5-7-12-19)21(26)23-18-10-8-9-17(14-18)22(27)24(3)4/h8-10,13-14,19H,5-7,11-12H2,1-4H3,(H,23,26). The van der Waals surface area contributed by atoms with Crippen molar-refractivity contribution in [3.8, 4) is 0 Å². The van der Waals surface area contributed by atoms with Gasteiger partial charge in [0.2, 0.25) is 0 Å². The lowest BCUT2D eigenvalue weighted by Crippen LogP contribution is -2.22. The van der Waals surface area contributed by atoms with Crippen molar-refractivity contribution in [2.45, 2.75) is 52.0 Å². The fourth-order valence-electron chi connectivity index (χ4n) is 4.09. The molecule has 0 saturated heterocycles. The Kier molecular flexibility index (Phi) is 5.68. The Bertz CT molecular complexity index is 845. The van der Waals surface area contributed by atoms with Crippen LogP contribution >= 0.6 is 0 Å². The number of aryl methyl sites for hydroxylation is 1. The predicted molar refractivity (Wildman–Crippen MR) is 108 cm³/mol. The molecule has 1 heterocycles. The van der Waals surface area contributed by atoms with E-state index >= 15 is 0 Å². The Morgan fingerprint density at radius 2 is 1.78 bits per heavy atom. The average Bonchev–Trinajstić information content (AvgIpc) is 2.96. The Morgan fingerprint density at radius 1 is 1.07 bits per heavy atom. The number of hydrogen-bond acceptors (Lipinski definition) is 2. The summed E-state index contributed by atoms with van der Waals surface area (Å²) in [5, 5.41) is 2.95. The van der Waals surface area contributed by atoms with Crippen LogP contribution in [0.4, 0.5) is 5.69 Å². The number of carbonyl (C=O) groups is 2. The maximum atomic E-state index is 12.9. The van der Waals surface area contributed by atoms with E-state index in [1.807, 2.05) is 19.1 Å². The molecule has 1 aliphatic carbocycles. The first-order chi connectivity index (χ1) is 12.9. The minimum Gasteiger partial charge on any atom is -0.345 e. The number of amides is 2. The zero-order valence-electron chi connectivity index (χ0n) is 16.7. The van der Waals surface area contributed by atoms with Crippen LogP contribution in [0.25, 0.3) is 0 Å². The number of benzene rings is 1. The van der Waals surface area contributed by atoms with Crippen LogP contribution in [0, 0.1) is 13.8 Å². The molecule has 0 atom stereocenters. The van der Waals surface area contributed by atoms with Crippen molar-refractivity contribution in [2.24, 2.45) is 0 Å². The molecule has 1 fully saturated rings. The van der Waals surface area contributed by atoms with E-state index in [9.17, 15) is 9.59 Å². The van der Waals surface area contributed by atoms with Gasteiger partial charge in [-0.15, -0.1) is 0 Å². The number of rotatable bonds is 4. The Labute approximate surface area is 161 Å². The smallest absolute Gasteiger partial charge is 0.257 e. The molecule has 3 rings (SSSR count). The lowest BCUT2D eigenvalue weighted by atomic mass is 9.95. The van der Waals surface area contributed by atoms with Crippen LogP contribution in [0.5, 0.6) is 0 Å². The summed E-state index contributed by atoms with van der Waals surface area (Å²) in [6.45, 7) is 4.11. The molecule has 0 radical (unpaired) electrons. The van der Waals surface area contributed by atoms with Crippen molar-refractivity contribution >= 4 is 17.5 Å². The quantitative estimate of drug-likeness (QED) is 0.861. The molecule has 1 N–H and O–H groups in total. The van der Waals surface area contributed by atoms with Crippen LogP contribution in [0.2, 0.25) is 0 Å². The van der Waals surface area contributed by atoms with E-state index in [4.69, 9.17) is 0 Å². The second-order valence-corrected chi connectivity index (χ2v) is 7.68. The molecule has 5 heteroatoms. The van der Waals surface area contributed by atoms with E-state index in [1.54, 1.807) is 32.3 Å². The zero-order chi connectivity index (χ0) is 19.6. The molecular weight excluding hydrogens is 338 g/mol. The van der Waals surface area contributed by atoms with Gasteiger partial charge in [-0.2, -0.15) is 0 Å². The van der Waals surface area contributed by atoms with Crippen molar-refractivity contribution in [3.63, 3.8) is 0 Å². The van der Waals surface area contributed by atoms with Crippen LogP contribution in [-0.2, 0) is 0 Å². The molecule has 2 amide bonds. The van der Waals surface area contributed by atoms with E-state index in [-0.39, 0.29) is 11.8 Å². The summed E-state index contributed by atoms with van der Waals surface area (Å²) in [5.41, 5.74) is 4.07. The van der Waals surface area contributed by atoms with Gasteiger partial charge in [-0.05, 0) is 51.0 Å². The van der Waals surface area contributed by atoms with E-state index in [0.29, 0.717) is 22.9 Å². The normalized spacial score (nSPS) is 14.8. The molecule has 0 aliphatic heterocycles. The van der Waals surface area contributed by atoms with Crippen LogP contribution in [-0.4, -0.2) is 35.4 Å². The monoisotopic (exact) mass is 367 g/mol. The third-order valence-corrected chi connectivity index (χ3v) is 5.44. The van der Waals surface area contributed by atoms with Crippen molar-refractivity contribution in [2.75, 3.05) is 19.4 Å². The number of aromatic nitrogens is 1. The third kappa shape index (κ3) is 4.07. The molecule has 2 aromatic rings. The summed E-state index contributed by atoms with van der Waals surface area (Å²) < 4.78 is 2.33. The molecule has 0 unspecified atom stereocenters. The van der Waals surface area contributed by atoms with Crippen molar-refractivity contribution in [1.29, 1.82) is 0 Å². The Morgan fingerprint density at radius 3 is 2.44 bits per heavy atom. The number of hydrogen-bond donors (Lipinski definition) is 1. The molecule has 0 bridgehead atoms. The predicted octanol–water partition coefficient (Wildman–Crippen LogP) is 4.56. The van der Waals surface area contributed by atoms with Crippen LogP contribution in [0.1, 0.15) is 70.2 Å². The molecule has 1 aromatic carbocycles. The lowest BCUT2D eigenvalue weighted by Gasteiger charge is -2.26. The highest BCUT2D eigenvalue weighted by Gasteiger charge is 2.22. The molecule has 0 spiro atoms. The van der Waals surface area contributed by atoms with Gasteiger partial charge < -0.3 is 14.8 Å². The van der Waals surface area contributed by atoms with Gasteiger partial charge in [0, 0.05) is 42.8 Å². The number of carbonyl (C=O) groups excluding carboxylic acids is 2. The van der Waals surface area contributed by atoms with Gasteiger partial charge in [0.15, 0.2) is 0 Å². The first-order valence-corrected chi connectivity index (χ1v) is 9.70. The summed E-state index contributed by atoms with van der Waals surface area (Å²) >= 11 is 0. The zero-order valence-corrected chi connectivity index (χ0v) is 16.7. The molecule has 5 nitrogen and oxygen atoms in total. The fourth-order valence-corrected chi connectivity index (χ4v) is 4.09. The van der Waals surface area contributed by atoms with Gasteiger partial charge >= 0.3 is 0 Å². The number of anilines is 1. The summed E-state index contributed by atoms with van der Waals surface area (Å²) in [4.78, 5) is 26.5. The molecule has 1 aliphatic rings. The number of nitrogens with one attached hydrogen (secondary N) is 1. The highest BCUT2D eigenvalue weighted by Crippen LogP contribution is 2.32. The highest BCUT2D eigenvalue weighted by atomic mass is 16.2. The van der Waals surface area contributed by atoms with Crippen molar-refractivity contribution in [3.05, 3.63) is 52.8 Å². The SMILES string of the molecule is Cc1cc(C(=O)Nc2cccc(C(=O)N(C)C)c2)c(C)n1C1CCCCC1. The van der Waals surface area contributed by atoms with Crippen molar-refractivity contribution in [1.82, 2.24) is 9.47 Å². The molecule has 1 aromatic heterocycles. The first-order valence-electron chi connectivity index (χ1n) is 9.70. The average molecular weight is 367 g/mol. The fraction of sp³-hybridized carbons (Fsp3) is 0.455. The molecule has 1 saturated carbocycles. The minimum atomic E-state index is -0.125. The van der Waals surface area contributed by atoms with Gasteiger partial charge in [-0.25, -0.2) is 0 Å². The largest absolute Gasteiger partial charge is 0.345 e. The van der Waals surface area contributed by atoms with Gasteiger partial charge in [-0.1, -0.05) is 25.3 Å². The summed E-state index contributed by atoms with van der Waals surface area (Å²) in [6.07, 6.45) is 6.20. The third-order valence-electron chi connectivity index (χ3n) is 5.44. The summed E-state index contributed by atoms with van der Waals surface area (Å²) in [5.74, 6) is -0.207. The second-order valence-electron chi connectivity index (χ2n) is 7.68. The van der Waals surface area contributed by atoms with Gasteiger partial charge in [-0.3, -0.25) is 9.59 Å². The maximum absolute atomic E-state index is 12.9. The van der Waals surface area contributed by atoms with E-state index < -0.39 is 0 Å². The van der Waals surface area contributed by atoms with Crippen LogP contribution in [0.15, 0.2) is 30.3 Å². The number of nitrogens with zero attached hydrogens (tertiary/aromatic N) is 2. The van der Waals surface area contributed by atoms with Crippen LogP contribution < -0.4 is 5.32 Å². The van der Waals surface area contributed by atoms with Gasteiger partial charge in [0.1, 0.15) is 0 Å². The van der Waals surface area contributed by atoms with E-state index in [0.717, 1.165) is 11.4 Å². The van der Waals surface area contributed by atoms with Gasteiger partial charge in [0.05, 0.1) is 5.56 Å².